The van der Waals surface area contributed by atoms with Crippen LogP contribution in [-0.2, 0) is 0 Å². The molecule has 4 rings (SSSR count). The molecule has 2 aromatic carbocycles. The van der Waals surface area contributed by atoms with Gasteiger partial charge < -0.3 is 10.2 Å². The number of amides is 1. The Morgan fingerprint density at radius 3 is 2.67 bits per heavy atom. The topological polar surface area (TPSA) is 81.9 Å². The molecule has 0 aliphatic carbocycles. The van der Waals surface area contributed by atoms with Crippen LogP contribution in [0, 0.1) is 17.2 Å². The molecule has 1 N–H and O–H groups in total. The van der Waals surface area contributed by atoms with Crippen molar-refractivity contribution in [2.45, 2.75) is 19.8 Å². The Morgan fingerprint density at radius 2 is 1.90 bits per heavy atom. The predicted octanol–water partition coefficient (Wildman–Crippen LogP) is 4.63. The molecule has 1 amide bonds. The first-order chi connectivity index (χ1) is 14.6. The molecule has 0 bridgehead atoms. The minimum Gasteiger partial charge on any atom is -0.339 e. The molecule has 3 aromatic rings. The third-order valence-electron chi connectivity index (χ3n) is 5.23. The van der Waals surface area contributed by atoms with Crippen LogP contribution in [0.1, 0.15) is 35.8 Å². The van der Waals surface area contributed by atoms with Gasteiger partial charge in [-0.15, -0.1) is 0 Å². The quantitative estimate of drug-likeness (QED) is 0.694. The molecule has 0 spiro atoms. The molecule has 1 aliphatic rings. The number of hydrogen-bond acceptors (Lipinski definition) is 5. The number of nitrogens with one attached hydrogen (secondary N) is 1. The van der Waals surface area contributed by atoms with Crippen LogP contribution in [0.15, 0.2) is 60.7 Å². The van der Waals surface area contributed by atoms with Gasteiger partial charge in [-0.2, -0.15) is 5.26 Å². The van der Waals surface area contributed by atoms with E-state index in [1.807, 2.05) is 53.4 Å². The van der Waals surface area contributed by atoms with Crippen molar-refractivity contribution in [2.24, 2.45) is 5.92 Å². The van der Waals surface area contributed by atoms with Gasteiger partial charge in [0.2, 0.25) is 0 Å². The average molecular weight is 397 g/mol. The highest BCUT2D eigenvalue weighted by molar-refractivity contribution is 5.93. The van der Waals surface area contributed by atoms with E-state index in [9.17, 15) is 10.1 Å². The van der Waals surface area contributed by atoms with Gasteiger partial charge in [0.25, 0.3) is 5.91 Å². The number of aromatic nitrogens is 2. The molecule has 2 heterocycles. The maximum atomic E-state index is 13.2. The van der Waals surface area contributed by atoms with Crippen molar-refractivity contribution in [3.8, 4) is 17.5 Å². The number of para-hydroxylation sites is 1. The SMILES string of the molecule is CC1CCCN(C(=O)c2cc(Nc3ccccc3C#N)nc(-c3ccccc3)n2)C1. The summed E-state index contributed by atoms with van der Waals surface area (Å²) in [5.74, 6) is 1.36. The van der Waals surface area contributed by atoms with Crippen molar-refractivity contribution in [1.29, 1.82) is 5.26 Å². The van der Waals surface area contributed by atoms with Gasteiger partial charge in [0.15, 0.2) is 5.82 Å². The van der Waals surface area contributed by atoms with Crippen LogP contribution in [0.4, 0.5) is 11.5 Å². The van der Waals surface area contributed by atoms with E-state index in [1.54, 1.807) is 12.1 Å². The summed E-state index contributed by atoms with van der Waals surface area (Å²) in [6.45, 7) is 3.65. The third-order valence-corrected chi connectivity index (χ3v) is 5.23. The number of benzene rings is 2. The number of likely N-dealkylation sites (tertiary alicyclic amines) is 1. The maximum absolute atomic E-state index is 13.2. The van der Waals surface area contributed by atoms with Crippen molar-refractivity contribution in [3.63, 3.8) is 0 Å². The molecule has 6 heteroatoms. The fourth-order valence-corrected chi connectivity index (χ4v) is 3.70. The van der Waals surface area contributed by atoms with Crippen molar-refractivity contribution >= 4 is 17.4 Å². The first-order valence-corrected chi connectivity index (χ1v) is 10.1. The molecule has 1 saturated heterocycles. The van der Waals surface area contributed by atoms with Crippen molar-refractivity contribution in [1.82, 2.24) is 14.9 Å². The van der Waals surface area contributed by atoms with E-state index in [0.29, 0.717) is 34.5 Å². The highest BCUT2D eigenvalue weighted by Crippen LogP contribution is 2.24. The Labute approximate surface area is 176 Å². The molecule has 1 fully saturated rings. The van der Waals surface area contributed by atoms with Crippen LogP contribution in [0.25, 0.3) is 11.4 Å². The Bertz CT molecular complexity index is 1090. The maximum Gasteiger partial charge on any atom is 0.272 e. The summed E-state index contributed by atoms with van der Waals surface area (Å²) in [5.41, 5.74) is 2.34. The highest BCUT2D eigenvalue weighted by Gasteiger charge is 2.24. The molecule has 0 radical (unpaired) electrons. The van der Waals surface area contributed by atoms with Crippen molar-refractivity contribution < 1.29 is 4.79 Å². The summed E-state index contributed by atoms with van der Waals surface area (Å²) >= 11 is 0. The van der Waals surface area contributed by atoms with E-state index in [1.165, 1.54) is 0 Å². The zero-order chi connectivity index (χ0) is 20.9. The predicted molar refractivity (Wildman–Crippen MR) is 116 cm³/mol. The number of anilines is 2. The zero-order valence-electron chi connectivity index (χ0n) is 16.9. The second-order valence-corrected chi connectivity index (χ2v) is 7.61. The van der Waals surface area contributed by atoms with Gasteiger partial charge >= 0.3 is 0 Å². The lowest BCUT2D eigenvalue weighted by atomic mass is 10.00. The van der Waals surface area contributed by atoms with Gasteiger partial charge in [-0.1, -0.05) is 49.4 Å². The summed E-state index contributed by atoms with van der Waals surface area (Å²) in [6.07, 6.45) is 2.14. The molecular weight excluding hydrogens is 374 g/mol. The lowest BCUT2D eigenvalue weighted by Gasteiger charge is -2.30. The lowest BCUT2D eigenvalue weighted by Crippen LogP contribution is -2.39. The fraction of sp³-hybridized carbons (Fsp3) is 0.250. The fourth-order valence-electron chi connectivity index (χ4n) is 3.70. The van der Waals surface area contributed by atoms with Gasteiger partial charge in [0.1, 0.15) is 17.6 Å². The molecule has 1 atom stereocenters. The Morgan fingerprint density at radius 1 is 1.13 bits per heavy atom. The molecule has 150 valence electrons. The molecule has 1 unspecified atom stereocenters. The number of hydrogen-bond donors (Lipinski definition) is 1. The monoisotopic (exact) mass is 397 g/mol. The number of carbonyl (C=O) groups excluding carboxylic acids is 1. The minimum atomic E-state index is -0.0854. The molecule has 1 aromatic heterocycles. The van der Waals surface area contributed by atoms with Crippen LogP contribution in [0.2, 0.25) is 0 Å². The standard InChI is InChI=1S/C24H23N5O/c1-17-8-7-13-29(16-17)24(30)21-14-22(26-20-12-6-5-11-19(20)15-25)28-23(27-21)18-9-3-2-4-10-18/h2-6,9-12,14,17H,7-8,13,16H2,1H3,(H,26,27,28). The average Bonchev–Trinajstić information content (AvgIpc) is 2.79. The van der Waals surface area contributed by atoms with Gasteiger partial charge in [-0.05, 0) is 30.9 Å². The summed E-state index contributed by atoms with van der Waals surface area (Å²) in [7, 11) is 0. The number of rotatable bonds is 4. The van der Waals surface area contributed by atoms with E-state index in [-0.39, 0.29) is 5.91 Å². The largest absolute Gasteiger partial charge is 0.339 e. The van der Waals surface area contributed by atoms with Crippen LogP contribution >= 0.6 is 0 Å². The summed E-state index contributed by atoms with van der Waals surface area (Å²) in [5, 5.41) is 12.6. The van der Waals surface area contributed by atoms with Crippen LogP contribution in [0.5, 0.6) is 0 Å². The first-order valence-electron chi connectivity index (χ1n) is 10.1. The molecule has 1 aliphatic heterocycles. The molecule has 30 heavy (non-hydrogen) atoms. The Balaban J connectivity index is 1.73. The van der Waals surface area contributed by atoms with Crippen LogP contribution in [0.3, 0.4) is 0 Å². The number of nitriles is 1. The number of nitrogens with zero attached hydrogens (tertiary/aromatic N) is 4. The van der Waals surface area contributed by atoms with E-state index in [2.05, 4.69) is 28.3 Å². The normalized spacial score (nSPS) is 16.0. The number of piperidine rings is 1. The minimum absolute atomic E-state index is 0.0854. The zero-order valence-corrected chi connectivity index (χ0v) is 16.9. The van der Waals surface area contributed by atoms with Gasteiger partial charge in [0, 0.05) is 24.7 Å². The van der Waals surface area contributed by atoms with Gasteiger partial charge in [0.05, 0.1) is 11.3 Å². The molecular formula is C24H23N5O. The molecule has 6 nitrogen and oxygen atoms in total. The van der Waals surface area contributed by atoms with Crippen molar-refractivity contribution in [2.75, 3.05) is 18.4 Å². The van der Waals surface area contributed by atoms with E-state index >= 15 is 0 Å². The second kappa shape index (κ2) is 8.75. The third kappa shape index (κ3) is 4.31. The summed E-state index contributed by atoms with van der Waals surface area (Å²) < 4.78 is 0. The Hall–Kier alpha value is -3.72. The Kier molecular flexibility index (Phi) is 5.71. The summed E-state index contributed by atoms with van der Waals surface area (Å²) in [4.78, 5) is 24.3. The van der Waals surface area contributed by atoms with Gasteiger partial charge in [-0.25, -0.2) is 9.97 Å². The van der Waals surface area contributed by atoms with E-state index in [4.69, 9.17) is 0 Å². The molecule has 0 saturated carbocycles. The second-order valence-electron chi connectivity index (χ2n) is 7.61. The van der Waals surface area contributed by atoms with Gasteiger partial charge in [-0.3, -0.25) is 4.79 Å². The first kappa shape index (κ1) is 19.6. The van der Waals surface area contributed by atoms with E-state index in [0.717, 1.165) is 31.5 Å². The van der Waals surface area contributed by atoms with Crippen molar-refractivity contribution in [3.05, 3.63) is 71.9 Å². The lowest BCUT2D eigenvalue weighted by molar-refractivity contribution is 0.0677. The number of carbonyl (C=O) groups is 1. The summed E-state index contributed by atoms with van der Waals surface area (Å²) in [6, 6.07) is 20.6. The highest BCUT2D eigenvalue weighted by atomic mass is 16.2. The van der Waals surface area contributed by atoms with Crippen LogP contribution < -0.4 is 5.32 Å². The van der Waals surface area contributed by atoms with E-state index < -0.39 is 0 Å². The smallest absolute Gasteiger partial charge is 0.272 e. The van der Waals surface area contributed by atoms with Crippen LogP contribution in [-0.4, -0.2) is 33.9 Å².